The van der Waals surface area contributed by atoms with Crippen molar-refractivity contribution in [1.29, 1.82) is 0 Å². The van der Waals surface area contributed by atoms with Gasteiger partial charge in [0.2, 0.25) is 0 Å². The van der Waals surface area contributed by atoms with Crippen molar-refractivity contribution in [2.24, 2.45) is 0 Å². The Labute approximate surface area is 143 Å². The summed E-state index contributed by atoms with van der Waals surface area (Å²) in [5, 5.41) is 3.48. The zero-order valence-electron chi connectivity index (χ0n) is 12.4. The smallest absolute Gasteiger partial charge is 0.255 e. The van der Waals surface area contributed by atoms with E-state index in [1.54, 1.807) is 0 Å². The number of nitrogens with one attached hydrogen (secondary N) is 1. The molecule has 1 aliphatic rings. The summed E-state index contributed by atoms with van der Waals surface area (Å²) in [6.07, 6.45) is 4.52. The highest BCUT2D eigenvalue weighted by molar-refractivity contribution is 9.11. The SMILES string of the molecule is CCCCN(CC1CCCN1)C(=O)c1ccc(Br)cc1Br. The molecule has 1 aliphatic heterocycles. The van der Waals surface area contributed by atoms with Crippen molar-refractivity contribution >= 4 is 37.8 Å². The number of carbonyl (C=O) groups excluding carboxylic acids is 1. The summed E-state index contributed by atoms with van der Waals surface area (Å²) in [6, 6.07) is 6.18. The van der Waals surface area contributed by atoms with E-state index in [1.807, 2.05) is 23.1 Å². The number of halogens is 2. The molecule has 0 spiro atoms. The lowest BCUT2D eigenvalue weighted by molar-refractivity contribution is 0.0738. The van der Waals surface area contributed by atoms with E-state index in [2.05, 4.69) is 44.1 Å². The molecular weight excluding hydrogens is 396 g/mol. The second kappa shape index (κ2) is 8.30. The fourth-order valence-electron chi connectivity index (χ4n) is 2.64. The summed E-state index contributed by atoms with van der Waals surface area (Å²) in [7, 11) is 0. The fraction of sp³-hybridized carbons (Fsp3) is 0.562. The number of amides is 1. The molecule has 21 heavy (non-hydrogen) atoms. The van der Waals surface area contributed by atoms with Crippen LogP contribution in [0.25, 0.3) is 0 Å². The molecule has 1 fully saturated rings. The molecule has 3 nitrogen and oxygen atoms in total. The van der Waals surface area contributed by atoms with E-state index in [-0.39, 0.29) is 5.91 Å². The first-order valence-electron chi connectivity index (χ1n) is 7.59. The van der Waals surface area contributed by atoms with Crippen LogP contribution in [0, 0.1) is 0 Å². The third kappa shape index (κ3) is 4.80. The minimum Gasteiger partial charge on any atom is -0.337 e. The third-order valence-electron chi connectivity index (χ3n) is 3.83. The largest absolute Gasteiger partial charge is 0.337 e. The van der Waals surface area contributed by atoms with Crippen LogP contribution in [-0.4, -0.2) is 36.5 Å². The Hall–Kier alpha value is -0.390. The van der Waals surface area contributed by atoms with Crippen LogP contribution in [0.15, 0.2) is 27.1 Å². The molecule has 1 aromatic carbocycles. The van der Waals surface area contributed by atoms with Crippen LogP contribution in [-0.2, 0) is 0 Å². The van der Waals surface area contributed by atoms with Gasteiger partial charge in [0.05, 0.1) is 5.56 Å². The number of hydrogen-bond donors (Lipinski definition) is 1. The number of hydrogen-bond acceptors (Lipinski definition) is 2. The summed E-state index contributed by atoms with van der Waals surface area (Å²) in [5.41, 5.74) is 0.743. The first-order valence-corrected chi connectivity index (χ1v) is 9.18. The summed E-state index contributed by atoms with van der Waals surface area (Å²) in [5.74, 6) is 0.122. The normalized spacial score (nSPS) is 18.0. The molecule has 0 aliphatic carbocycles. The number of benzene rings is 1. The van der Waals surface area contributed by atoms with Gasteiger partial charge in [0, 0.05) is 28.1 Å². The van der Waals surface area contributed by atoms with E-state index in [9.17, 15) is 4.79 Å². The third-order valence-corrected chi connectivity index (χ3v) is 4.98. The molecule has 1 amide bonds. The highest BCUT2D eigenvalue weighted by Crippen LogP contribution is 2.23. The Morgan fingerprint density at radius 2 is 2.24 bits per heavy atom. The van der Waals surface area contributed by atoms with Crippen molar-refractivity contribution in [2.45, 2.75) is 38.6 Å². The van der Waals surface area contributed by atoms with Crippen molar-refractivity contribution in [3.05, 3.63) is 32.7 Å². The van der Waals surface area contributed by atoms with Crippen LogP contribution in [0.4, 0.5) is 0 Å². The minimum atomic E-state index is 0.122. The average molecular weight is 418 g/mol. The molecule has 1 unspecified atom stereocenters. The Balaban J connectivity index is 2.11. The van der Waals surface area contributed by atoms with Crippen LogP contribution in [0.1, 0.15) is 43.0 Å². The van der Waals surface area contributed by atoms with Gasteiger partial charge < -0.3 is 10.2 Å². The van der Waals surface area contributed by atoms with Crippen LogP contribution in [0.5, 0.6) is 0 Å². The average Bonchev–Trinajstić information content (AvgIpc) is 2.95. The molecule has 0 radical (unpaired) electrons. The number of unbranched alkanes of at least 4 members (excludes halogenated alkanes) is 1. The molecule has 1 heterocycles. The van der Waals surface area contributed by atoms with Crippen molar-refractivity contribution in [2.75, 3.05) is 19.6 Å². The number of carbonyl (C=O) groups is 1. The molecule has 2 rings (SSSR count). The highest BCUT2D eigenvalue weighted by atomic mass is 79.9. The zero-order valence-corrected chi connectivity index (χ0v) is 15.5. The number of nitrogens with zero attached hydrogens (tertiary/aromatic N) is 1. The van der Waals surface area contributed by atoms with E-state index < -0.39 is 0 Å². The Morgan fingerprint density at radius 3 is 2.86 bits per heavy atom. The van der Waals surface area contributed by atoms with E-state index >= 15 is 0 Å². The maximum absolute atomic E-state index is 12.8. The van der Waals surface area contributed by atoms with Crippen LogP contribution in [0.3, 0.4) is 0 Å². The first-order chi connectivity index (χ1) is 10.1. The lowest BCUT2D eigenvalue weighted by atomic mass is 10.1. The minimum absolute atomic E-state index is 0.122. The molecule has 1 atom stereocenters. The molecule has 0 saturated carbocycles. The Kier molecular flexibility index (Phi) is 6.71. The summed E-state index contributed by atoms with van der Waals surface area (Å²) in [4.78, 5) is 14.8. The summed E-state index contributed by atoms with van der Waals surface area (Å²) < 4.78 is 1.83. The molecule has 0 bridgehead atoms. The van der Waals surface area contributed by atoms with Gasteiger partial charge in [0.25, 0.3) is 5.91 Å². The molecule has 1 saturated heterocycles. The van der Waals surface area contributed by atoms with Gasteiger partial charge in [-0.15, -0.1) is 0 Å². The van der Waals surface area contributed by atoms with E-state index in [1.165, 1.54) is 6.42 Å². The van der Waals surface area contributed by atoms with Crippen molar-refractivity contribution in [1.82, 2.24) is 10.2 Å². The van der Waals surface area contributed by atoms with Gasteiger partial charge in [-0.25, -0.2) is 0 Å². The van der Waals surface area contributed by atoms with Crippen LogP contribution >= 0.6 is 31.9 Å². The maximum Gasteiger partial charge on any atom is 0.255 e. The van der Waals surface area contributed by atoms with Gasteiger partial charge in [-0.1, -0.05) is 29.3 Å². The first kappa shape index (κ1) is 17.0. The van der Waals surface area contributed by atoms with Crippen molar-refractivity contribution in [3.8, 4) is 0 Å². The standard InChI is InChI=1S/C16H22Br2N2O/c1-2-3-9-20(11-13-5-4-8-19-13)16(21)14-7-6-12(17)10-15(14)18/h6-7,10,13,19H,2-5,8-9,11H2,1H3. The van der Waals surface area contributed by atoms with Gasteiger partial charge in [-0.3, -0.25) is 4.79 Å². The second-order valence-electron chi connectivity index (χ2n) is 5.52. The highest BCUT2D eigenvalue weighted by Gasteiger charge is 2.23. The predicted molar refractivity (Wildman–Crippen MR) is 93.7 cm³/mol. The molecule has 0 aromatic heterocycles. The van der Waals surface area contributed by atoms with Crippen LogP contribution < -0.4 is 5.32 Å². The predicted octanol–water partition coefficient (Wildman–Crippen LogP) is 4.21. The van der Waals surface area contributed by atoms with E-state index in [0.29, 0.717) is 6.04 Å². The molecule has 5 heteroatoms. The molecular formula is C16H22Br2N2O. The maximum atomic E-state index is 12.8. The fourth-order valence-corrected chi connectivity index (χ4v) is 3.85. The van der Waals surface area contributed by atoms with Gasteiger partial charge in [0.1, 0.15) is 0 Å². The van der Waals surface area contributed by atoms with E-state index in [4.69, 9.17) is 0 Å². The number of rotatable bonds is 6. The van der Waals surface area contributed by atoms with Crippen LogP contribution in [0.2, 0.25) is 0 Å². The topological polar surface area (TPSA) is 32.3 Å². The molecule has 1 aromatic rings. The van der Waals surface area contributed by atoms with Crippen molar-refractivity contribution < 1.29 is 4.79 Å². The molecule has 116 valence electrons. The Morgan fingerprint density at radius 1 is 1.43 bits per heavy atom. The Bertz CT molecular complexity index is 487. The van der Waals surface area contributed by atoms with Gasteiger partial charge in [0.15, 0.2) is 0 Å². The summed E-state index contributed by atoms with van der Waals surface area (Å²) >= 11 is 6.93. The molecule has 1 N–H and O–H groups in total. The second-order valence-corrected chi connectivity index (χ2v) is 7.29. The zero-order chi connectivity index (χ0) is 15.2. The monoisotopic (exact) mass is 416 g/mol. The quantitative estimate of drug-likeness (QED) is 0.751. The van der Waals surface area contributed by atoms with Gasteiger partial charge >= 0.3 is 0 Å². The van der Waals surface area contributed by atoms with Gasteiger partial charge in [-0.05, 0) is 59.9 Å². The lowest BCUT2D eigenvalue weighted by Crippen LogP contribution is -2.41. The van der Waals surface area contributed by atoms with Crippen molar-refractivity contribution in [3.63, 3.8) is 0 Å². The summed E-state index contributed by atoms with van der Waals surface area (Å²) in [6.45, 7) is 4.87. The lowest BCUT2D eigenvalue weighted by Gasteiger charge is -2.26. The van der Waals surface area contributed by atoms with E-state index in [0.717, 1.165) is 53.4 Å². The van der Waals surface area contributed by atoms with Gasteiger partial charge in [-0.2, -0.15) is 0 Å².